The van der Waals surface area contributed by atoms with Crippen molar-refractivity contribution in [2.45, 2.75) is 74.8 Å². The zero-order valence-electron chi connectivity index (χ0n) is 19.6. The lowest BCUT2D eigenvalue weighted by Crippen LogP contribution is -2.55. The van der Waals surface area contributed by atoms with Crippen molar-refractivity contribution < 1.29 is 40.6 Å². The first-order valence-corrected chi connectivity index (χ1v) is 12.2. The predicted octanol–water partition coefficient (Wildman–Crippen LogP) is 6.36. The molecule has 2 fully saturated rings. The first-order valence-electron chi connectivity index (χ1n) is 11.5. The fraction of sp³-hybridized carbons (Fsp3) is 0.542. The zero-order chi connectivity index (χ0) is 26.1. The number of benzene rings is 1. The highest BCUT2D eigenvalue weighted by molar-refractivity contribution is 7.97. The molecule has 0 N–H and O–H groups in total. The van der Waals surface area contributed by atoms with Crippen molar-refractivity contribution in [3.63, 3.8) is 0 Å². The summed E-state index contributed by atoms with van der Waals surface area (Å²) in [6.07, 6.45) is -7.54. The van der Waals surface area contributed by atoms with Gasteiger partial charge in [0.25, 0.3) is 0 Å². The molecule has 4 rings (SSSR count). The third kappa shape index (κ3) is 6.64. The minimum atomic E-state index is -4.47. The quantitative estimate of drug-likeness (QED) is 0.303. The smallest absolute Gasteiger partial charge is 0.417 e. The van der Waals surface area contributed by atoms with Crippen molar-refractivity contribution in [1.82, 2.24) is 9.29 Å². The number of hydrogen-bond acceptors (Lipinski definition) is 6. The summed E-state index contributed by atoms with van der Waals surface area (Å²) in [4.78, 5) is 4.47. The SMILES string of the molecule is CC(C)OCc1cc(C(F)(F)F)ccc1SN1[C@@H]2COC[C@@H]1CC(Oc1ccc(C(F)(F)F)cn1)C2. The van der Waals surface area contributed by atoms with Gasteiger partial charge in [-0.15, -0.1) is 0 Å². The molecule has 0 unspecified atom stereocenters. The summed E-state index contributed by atoms with van der Waals surface area (Å²) in [5.74, 6) is 0.115. The molecular weight excluding hydrogens is 510 g/mol. The highest BCUT2D eigenvalue weighted by Gasteiger charge is 2.41. The lowest BCUT2D eigenvalue weighted by molar-refractivity contribution is -0.138. The van der Waals surface area contributed by atoms with Gasteiger partial charge < -0.3 is 14.2 Å². The van der Waals surface area contributed by atoms with Gasteiger partial charge in [0.1, 0.15) is 6.10 Å². The van der Waals surface area contributed by atoms with Gasteiger partial charge in [-0.05, 0) is 55.6 Å². The average molecular weight is 537 g/mol. The number of fused-ring (bicyclic) bond motifs is 2. The third-order valence-corrected chi connectivity index (χ3v) is 7.33. The van der Waals surface area contributed by atoms with Gasteiger partial charge in [-0.25, -0.2) is 9.29 Å². The second-order valence-corrected chi connectivity index (χ2v) is 10.1. The second kappa shape index (κ2) is 10.8. The molecule has 2 atom stereocenters. The fourth-order valence-corrected chi connectivity index (χ4v) is 5.38. The van der Waals surface area contributed by atoms with E-state index in [-0.39, 0.29) is 36.8 Å². The van der Waals surface area contributed by atoms with E-state index in [2.05, 4.69) is 9.29 Å². The summed E-state index contributed by atoms with van der Waals surface area (Å²) in [7, 11) is 0. The van der Waals surface area contributed by atoms with Gasteiger partial charge in [0.2, 0.25) is 5.88 Å². The van der Waals surface area contributed by atoms with E-state index in [9.17, 15) is 26.3 Å². The van der Waals surface area contributed by atoms with E-state index in [0.29, 0.717) is 36.5 Å². The van der Waals surface area contributed by atoms with Crippen LogP contribution >= 0.6 is 11.9 Å². The lowest BCUT2D eigenvalue weighted by Gasteiger charge is -2.47. The molecule has 1 aromatic heterocycles. The monoisotopic (exact) mass is 536 g/mol. The Morgan fingerprint density at radius 3 is 2.19 bits per heavy atom. The van der Waals surface area contributed by atoms with E-state index in [1.807, 2.05) is 13.8 Å². The molecule has 2 bridgehead atoms. The van der Waals surface area contributed by atoms with Gasteiger partial charge in [-0.3, -0.25) is 0 Å². The lowest BCUT2D eigenvalue weighted by atomic mass is 9.94. The molecule has 12 heteroatoms. The number of halogens is 6. The van der Waals surface area contributed by atoms with Crippen LogP contribution in [0.1, 0.15) is 43.4 Å². The van der Waals surface area contributed by atoms with Crippen molar-refractivity contribution in [2.75, 3.05) is 13.2 Å². The van der Waals surface area contributed by atoms with Crippen LogP contribution in [-0.2, 0) is 28.4 Å². The number of ether oxygens (including phenoxy) is 3. The van der Waals surface area contributed by atoms with Gasteiger partial charge in [0, 0.05) is 42.1 Å². The largest absolute Gasteiger partial charge is 0.474 e. The molecule has 0 spiro atoms. The molecule has 2 aromatic rings. The Kier molecular flexibility index (Phi) is 8.08. The molecule has 5 nitrogen and oxygen atoms in total. The maximum atomic E-state index is 13.3. The van der Waals surface area contributed by atoms with Crippen molar-refractivity contribution >= 4 is 11.9 Å². The number of morpholine rings is 1. The van der Waals surface area contributed by atoms with Crippen molar-refractivity contribution in [3.8, 4) is 5.88 Å². The molecule has 0 radical (unpaired) electrons. The summed E-state index contributed by atoms with van der Waals surface area (Å²) >= 11 is 1.38. The summed E-state index contributed by atoms with van der Waals surface area (Å²) in [5.41, 5.74) is -1.12. The van der Waals surface area contributed by atoms with E-state index >= 15 is 0 Å². The topological polar surface area (TPSA) is 43.8 Å². The van der Waals surface area contributed by atoms with Gasteiger partial charge in [-0.2, -0.15) is 26.3 Å². The van der Waals surface area contributed by atoms with Crippen LogP contribution in [0.5, 0.6) is 5.88 Å². The van der Waals surface area contributed by atoms with Crippen LogP contribution in [0.25, 0.3) is 0 Å². The molecule has 2 aliphatic heterocycles. The van der Waals surface area contributed by atoms with Gasteiger partial charge in [0.05, 0.1) is 37.1 Å². The molecular formula is C24H26F6N2O3S. The van der Waals surface area contributed by atoms with Crippen LogP contribution in [-0.4, -0.2) is 46.8 Å². The Morgan fingerprint density at radius 1 is 1.00 bits per heavy atom. The van der Waals surface area contributed by atoms with Gasteiger partial charge >= 0.3 is 12.4 Å². The van der Waals surface area contributed by atoms with E-state index in [1.165, 1.54) is 24.1 Å². The molecule has 0 aliphatic carbocycles. The Hall–Kier alpha value is -2.02. The average Bonchev–Trinajstić information content (AvgIpc) is 2.78. The summed E-state index contributed by atoms with van der Waals surface area (Å²) in [5, 5.41) is 0. The summed E-state index contributed by atoms with van der Waals surface area (Å²) in [6, 6.07) is 5.62. The zero-order valence-corrected chi connectivity index (χ0v) is 20.4. The third-order valence-electron chi connectivity index (χ3n) is 5.93. The molecule has 198 valence electrons. The van der Waals surface area contributed by atoms with Crippen LogP contribution in [0.3, 0.4) is 0 Å². The van der Waals surface area contributed by atoms with Crippen molar-refractivity contribution in [3.05, 3.63) is 53.2 Å². The fourth-order valence-electron chi connectivity index (χ4n) is 4.19. The number of alkyl halides is 6. The molecule has 0 saturated carbocycles. The first-order chi connectivity index (χ1) is 16.9. The maximum Gasteiger partial charge on any atom is 0.417 e. The van der Waals surface area contributed by atoms with Crippen molar-refractivity contribution in [1.29, 1.82) is 0 Å². The first kappa shape index (κ1) is 27.0. The Morgan fingerprint density at radius 2 is 1.64 bits per heavy atom. The van der Waals surface area contributed by atoms with E-state index in [4.69, 9.17) is 14.2 Å². The number of rotatable bonds is 7. The predicted molar refractivity (Wildman–Crippen MR) is 120 cm³/mol. The number of pyridine rings is 1. The molecule has 0 amide bonds. The van der Waals surface area contributed by atoms with Crippen LogP contribution in [0, 0.1) is 0 Å². The minimum absolute atomic E-state index is 0.0505. The molecule has 2 aliphatic rings. The Bertz CT molecular complexity index is 1020. The number of nitrogens with zero attached hydrogens (tertiary/aromatic N) is 2. The molecule has 36 heavy (non-hydrogen) atoms. The Labute approximate surface area is 209 Å². The van der Waals surface area contributed by atoms with E-state index in [0.717, 1.165) is 24.4 Å². The van der Waals surface area contributed by atoms with Crippen LogP contribution in [0.15, 0.2) is 41.4 Å². The molecule has 3 heterocycles. The number of hydrogen-bond donors (Lipinski definition) is 0. The minimum Gasteiger partial charge on any atom is -0.474 e. The van der Waals surface area contributed by atoms with Gasteiger partial charge in [-0.1, -0.05) is 0 Å². The van der Waals surface area contributed by atoms with Crippen molar-refractivity contribution in [2.24, 2.45) is 0 Å². The highest BCUT2D eigenvalue weighted by Crippen LogP contribution is 2.41. The van der Waals surface area contributed by atoms with E-state index < -0.39 is 23.5 Å². The number of aromatic nitrogens is 1. The molecule has 2 saturated heterocycles. The second-order valence-electron chi connectivity index (χ2n) is 9.07. The van der Waals surface area contributed by atoms with Crippen LogP contribution in [0.4, 0.5) is 26.3 Å². The summed E-state index contributed by atoms with van der Waals surface area (Å²) < 4.78 is 97.6. The van der Waals surface area contributed by atoms with Crippen LogP contribution in [0.2, 0.25) is 0 Å². The highest BCUT2D eigenvalue weighted by atomic mass is 32.2. The Balaban J connectivity index is 1.47. The molecule has 1 aromatic carbocycles. The standard InChI is InChI=1S/C24H26F6N2O3S/c1-14(2)34-11-15-7-16(23(25,26)27)3-5-21(15)36-32-18-8-20(9-19(32)13-33-12-18)35-22-6-4-17(10-31-22)24(28,29)30/h3-7,10,14,18-20H,8-9,11-13H2,1-2H3/t18-,19-/m0/s1. The summed E-state index contributed by atoms with van der Waals surface area (Å²) in [6.45, 7) is 4.50. The van der Waals surface area contributed by atoms with E-state index in [1.54, 1.807) is 0 Å². The number of piperidine rings is 1. The van der Waals surface area contributed by atoms with Gasteiger partial charge in [0.15, 0.2) is 0 Å². The van der Waals surface area contributed by atoms with Crippen LogP contribution < -0.4 is 4.74 Å². The maximum absolute atomic E-state index is 13.3. The normalized spacial score (nSPS) is 23.2.